The summed E-state index contributed by atoms with van der Waals surface area (Å²) in [6.45, 7) is 2.38. The SMILES string of the molecule is CCOC(=O)[C@H](C)NP(=O)(OC[C@@]1(C#N)OC2(C/C2=C\C=C2/NNC=NC2N)[C@H](O)[C@@H]1O)Oc1ccccc1. The van der Waals surface area contributed by atoms with Crippen LogP contribution in [0.25, 0.3) is 0 Å². The molecule has 7 atom stereocenters. The van der Waals surface area contributed by atoms with Crippen LogP contribution in [0.1, 0.15) is 20.3 Å². The van der Waals surface area contributed by atoms with E-state index >= 15 is 0 Å². The van der Waals surface area contributed by atoms with Crippen molar-refractivity contribution in [1.29, 1.82) is 5.26 Å². The van der Waals surface area contributed by atoms with Crippen LogP contribution in [0.2, 0.25) is 0 Å². The van der Waals surface area contributed by atoms with E-state index in [0.29, 0.717) is 11.3 Å². The molecule has 0 aromatic heterocycles. The maximum absolute atomic E-state index is 13.7. The number of benzene rings is 1. The topological polar surface area (TPSA) is 210 Å². The van der Waals surface area contributed by atoms with E-state index in [9.17, 15) is 24.8 Å². The Bertz CT molecular complexity index is 1250. The molecule has 0 bridgehead atoms. The lowest BCUT2D eigenvalue weighted by atomic mass is 9.96. The maximum atomic E-state index is 13.7. The van der Waals surface area contributed by atoms with E-state index < -0.39 is 55.9 Å². The summed E-state index contributed by atoms with van der Waals surface area (Å²) in [4.78, 5) is 16.2. The number of hydrogen-bond acceptors (Lipinski definition) is 13. The molecule has 1 saturated heterocycles. The van der Waals surface area contributed by atoms with Crippen LogP contribution < -0.4 is 26.2 Å². The van der Waals surface area contributed by atoms with Crippen LogP contribution in [0.3, 0.4) is 0 Å². The Morgan fingerprint density at radius 1 is 1.38 bits per heavy atom. The van der Waals surface area contributed by atoms with Crippen molar-refractivity contribution < 1.29 is 38.1 Å². The van der Waals surface area contributed by atoms with Gasteiger partial charge in [-0.05, 0) is 37.6 Å². The van der Waals surface area contributed by atoms with Crippen molar-refractivity contribution in [3.63, 3.8) is 0 Å². The molecule has 2 aliphatic heterocycles. The molecule has 1 saturated carbocycles. The molecular weight excluding hydrogens is 531 g/mol. The lowest BCUT2D eigenvalue weighted by molar-refractivity contribution is -0.144. The van der Waals surface area contributed by atoms with Crippen LogP contribution in [0.15, 0.2) is 58.7 Å². The molecule has 14 nitrogen and oxygen atoms in total. The van der Waals surface area contributed by atoms with Crippen molar-refractivity contribution in [3.05, 3.63) is 53.8 Å². The minimum absolute atomic E-state index is 0.103. The zero-order chi connectivity index (χ0) is 28.3. The second-order valence-electron chi connectivity index (χ2n) is 9.14. The second-order valence-corrected chi connectivity index (χ2v) is 10.8. The van der Waals surface area contributed by atoms with Gasteiger partial charge in [0.15, 0.2) is 0 Å². The maximum Gasteiger partial charge on any atom is 0.459 e. The molecule has 4 rings (SSSR count). The zero-order valence-electron chi connectivity index (χ0n) is 21.3. The molecule has 2 heterocycles. The summed E-state index contributed by atoms with van der Waals surface area (Å²) in [5, 5.41) is 34.2. The number of allylic oxidation sites excluding steroid dienone is 2. The van der Waals surface area contributed by atoms with Gasteiger partial charge in [-0.25, -0.2) is 9.56 Å². The highest BCUT2D eigenvalue weighted by molar-refractivity contribution is 7.52. The van der Waals surface area contributed by atoms with Crippen LogP contribution in [-0.4, -0.2) is 71.4 Å². The molecule has 210 valence electrons. The van der Waals surface area contributed by atoms with Crippen LogP contribution in [0, 0.1) is 11.3 Å². The Morgan fingerprint density at radius 2 is 2.13 bits per heavy atom. The number of rotatable bonds is 10. The lowest BCUT2D eigenvalue weighted by Gasteiger charge is -2.28. The van der Waals surface area contributed by atoms with Gasteiger partial charge in [-0.2, -0.15) is 10.3 Å². The quantitative estimate of drug-likeness (QED) is 0.166. The highest BCUT2D eigenvalue weighted by Gasteiger charge is 2.71. The summed E-state index contributed by atoms with van der Waals surface area (Å²) in [7, 11) is -4.35. The number of nitrogens with two attached hydrogens (primary N) is 1. The molecule has 39 heavy (non-hydrogen) atoms. The fourth-order valence-electron chi connectivity index (χ4n) is 4.19. The smallest absolute Gasteiger partial charge is 0.459 e. The summed E-state index contributed by atoms with van der Waals surface area (Å²) < 4.78 is 35.8. The number of aliphatic hydroxyl groups excluding tert-OH is 2. The predicted molar refractivity (Wildman–Crippen MR) is 138 cm³/mol. The predicted octanol–water partition coefficient (Wildman–Crippen LogP) is 0.119. The number of carbonyl (C=O) groups is 1. The number of ether oxygens (including phenoxy) is 2. The molecule has 1 spiro atoms. The average Bonchev–Trinajstić information content (AvgIpc) is 3.58. The molecule has 1 aromatic rings. The zero-order valence-corrected chi connectivity index (χ0v) is 22.2. The number of nitrogens with one attached hydrogen (secondary N) is 3. The number of nitriles is 1. The fraction of sp³-hybridized carbons (Fsp3) is 0.458. The fourth-order valence-corrected chi connectivity index (χ4v) is 5.71. The van der Waals surface area contributed by atoms with Crippen molar-refractivity contribution in [3.8, 4) is 11.8 Å². The van der Waals surface area contributed by atoms with Gasteiger partial charge in [0, 0.05) is 6.42 Å². The molecule has 15 heteroatoms. The molecule has 1 aromatic carbocycles. The van der Waals surface area contributed by atoms with E-state index in [4.69, 9.17) is 24.3 Å². The Hall–Kier alpha value is -3.28. The molecule has 3 aliphatic rings. The first-order chi connectivity index (χ1) is 18.6. The number of carbonyl (C=O) groups excluding carboxylic acids is 1. The van der Waals surface area contributed by atoms with Crippen molar-refractivity contribution in [2.75, 3.05) is 13.2 Å². The minimum Gasteiger partial charge on any atom is -0.465 e. The van der Waals surface area contributed by atoms with Gasteiger partial charge in [0.25, 0.3) is 0 Å². The van der Waals surface area contributed by atoms with Crippen LogP contribution in [0.4, 0.5) is 0 Å². The molecule has 7 N–H and O–H groups in total. The van der Waals surface area contributed by atoms with Crippen molar-refractivity contribution in [1.82, 2.24) is 15.9 Å². The number of hydrazine groups is 1. The summed E-state index contributed by atoms with van der Waals surface area (Å²) >= 11 is 0. The van der Waals surface area contributed by atoms with Gasteiger partial charge < -0.3 is 35.4 Å². The Balaban J connectivity index is 1.53. The van der Waals surface area contributed by atoms with Gasteiger partial charge in [0.05, 0.1) is 12.3 Å². The van der Waals surface area contributed by atoms with Gasteiger partial charge in [-0.15, -0.1) is 0 Å². The van der Waals surface area contributed by atoms with E-state index in [1.54, 1.807) is 37.3 Å². The first kappa shape index (κ1) is 28.7. The summed E-state index contributed by atoms with van der Waals surface area (Å²) in [5.41, 5.74) is 9.16. The summed E-state index contributed by atoms with van der Waals surface area (Å²) in [6, 6.07) is 8.81. The number of hydrogen-bond donors (Lipinski definition) is 6. The summed E-state index contributed by atoms with van der Waals surface area (Å²) in [6.07, 6.45) is 1.13. The minimum atomic E-state index is -4.35. The summed E-state index contributed by atoms with van der Waals surface area (Å²) in [5.74, 6) is -0.539. The van der Waals surface area contributed by atoms with E-state index in [1.165, 1.54) is 25.4 Å². The number of aliphatic hydroxyl groups is 2. The first-order valence-corrected chi connectivity index (χ1v) is 13.7. The van der Waals surface area contributed by atoms with Gasteiger partial charge in [-0.3, -0.25) is 14.7 Å². The lowest BCUT2D eigenvalue weighted by Crippen LogP contribution is -2.46. The van der Waals surface area contributed by atoms with Crippen molar-refractivity contribution in [2.45, 2.75) is 55.9 Å². The average molecular weight is 563 g/mol. The largest absolute Gasteiger partial charge is 0.465 e. The molecule has 1 aliphatic carbocycles. The number of para-hydroxylation sites is 1. The van der Waals surface area contributed by atoms with Crippen LogP contribution in [-0.2, 0) is 23.4 Å². The monoisotopic (exact) mass is 562 g/mol. The Morgan fingerprint density at radius 3 is 2.79 bits per heavy atom. The van der Waals surface area contributed by atoms with Crippen LogP contribution in [0.5, 0.6) is 5.75 Å². The van der Waals surface area contributed by atoms with Crippen molar-refractivity contribution in [2.24, 2.45) is 10.7 Å². The number of nitrogens with zero attached hydrogens (tertiary/aromatic N) is 2. The van der Waals surface area contributed by atoms with Gasteiger partial charge in [0.1, 0.15) is 54.8 Å². The molecule has 3 unspecified atom stereocenters. The Labute approximate surface area is 225 Å². The number of aliphatic imine (C=N–C) groups is 1. The van der Waals surface area contributed by atoms with E-state index in [2.05, 4.69) is 20.9 Å². The molecular formula is C24H31N6O8P. The second kappa shape index (κ2) is 11.4. The van der Waals surface area contributed by atoms with Gasteiger partial charge >= 0.3 is 13.7 Å². The standard InChI is InChI=1S/C24H31N6O8P/c1-3-35-22(33)15(2)30-39(34,37-17-7-5-4-6-8-17)36-13-23(12-25)19(31)20(32)24(38-23)11-16(24)9-10-18-21(26)27-14-28-29-18/h4-10,14-15,19-21,29,31-32H,3,11,13,26H2,1-2H3,(H,27,28)(H,30,34)/b16-9+,18-10-/t15-,19-,20+,21?,23+,24?,39?/m0/s1. The highest BCUT2D eigenvalue weighted by atomic mass is 31.2. The third-order valence-electron chi connectivity index (χ3n) is 6.39. The Kier molecular flexibility index (Phi) is 8.43. The first-order valence-electron chi connectivity index (χ1n) is 12.2. The van der Waals surface area contributed by atoms with E-state index in [0.717, 1.165) is 0 Å². The van der Waals surface area contributed by atoms with E-state index in [1.807, 2.05) is 6.07 Å². The molecule has 0 radical (unpaired) electrons. The number of esters is 1. The third kappa shape index (κ3) is 6.00. The normalized spacial score (nSPS) is 33.6. The van der Waals surface area contributed by atoms with Gasteiger partial charge in [0.2, 0.25) is 5.60 Å². The third-order valence-corrected chi connectivity index (χ3v) is 8.01. The van der Waals surface area contributed by atoms with Crippen molar-refractivity contribution >= 4 is 20.1 Å². The molecule has 0 amide bonds. The molecule has 2 fully saturated rings. The van der Waals surface area contributed by atoms with E-state index in [-0.39, 0.29) is 18.8 Å². The van der Waals surface area contributed by atoms with Crippen LogP contribution >= 0.6 is 7.75 Å². The van der Waals surface area contributed by atoms with Gasteiger partial charge in [-0.1, -0.05) is 24.3 Å². The highest BCUT2D eigenvalue weighted by Crippen LogP contribution is 2.58.